The first-order valence-electron chi connectivity index (χ1n) is 9.50. The van der Waals surface area contributed by atoms with E-state index in [-0.39, 0.29) is 11.3 Å². The monoisotopic (exact) mass is 380 g/mol. The number of aromatic nitrogens is 1. The number of Topliss-reactive ketones (excluding diaryl/α,β-unsaturated/α-hetero) is 1. The van der Waals surface area contributed by atoms with Crippen LogP contribution >= 0.6 is 0 Å². The number of aliphatic hydroxyl groups is 1. The number of carbonyl (C=O) groups excluding carboxylic acids is 2. The highest BCUT2D eigenvalue weighted by Crippen LogP contribution is 2.39. The number of hydrogen-bond donors (Lipinski definition) is 1. The molecule has 0 spiro atoms. The van der Waals surface area contributed by atoms with E-state index in [1.54, 1.807) is 48.8 Å². The van der Waals surface area contributed by atoms with Crippen LogP contribution in [0.5, 0.6) is 5.75 Å². The molecule has 0 radical (unpaired) electrons. The van der Waals surface area contributed by atoms with Crippen LogP contribution in [0.2, 0.25) is 0 Å². The Bertz CT molecular complexity index is 875. The number of rotatable bonds is 7. The Kier molecular flexibility index (Phi) is 6.09. The molecule has 0 aliphatic carbocycles. The Labute approximate surface area is 164 Å². The van der Waals surface area contributed by atoms with Crippen molar-refractivity contribution in [2.45, 2.75) is 32.7 Å². The lowest BCUT2D eigenvalue weighted by Gasteiger charge is -2.24. The van der Waals surface area contributed by atoms with E-state index in [1.165, 1.54) is 4.90 Å². The molecule has 1 aliphatic heterocycles. The average Bonchev–Trinajstić information content (AvgIpc) is 2.98. The lowest BCUT2D eigenvalue weighted by Crippen LogP contribution is -2.30. The highest BCUT2D eigenvalue weighted by molar-refractivity contribution is 6.46. The average molecular weight is 380 g/mol. The van der Waals surface area contributed by atoms with Crippen LogP contribution in [0.1, 0.15) is 43.9 Å². The maximum Gasteiger partial charge on any atom is 0.295 e. The third kappa shape index (κ3) is 3.76. The quantitative estimate of drug-likeness (QED) is 0.450. The Morgan fingerprint density at radius 3 is 2.36 bits per heavy atom. The molecule has 146 valence electrons. The van der Waals surface area contributed by atoms with Crippen LogP contribution in [0.3, 0.4) is 0 Å². The summed E-state index contributed by atoms with van der Waals surface area (Å²) in [6.07, 6.45) is 4.83. The molecule has 1 atom stereocenters. The molecule has 1 fully saturated rings. The van der Waals surface area contributed by atoms with Crippen molar-refractivity contribution in [2.75, 3.05) is 13.2 Å². The first-order valence-corrected chi connectivity index (χ1v) is 9.50. The second-order valence-corrected chi connectivity index (χ2v) is 6.65. The zero-order chi connectivity index (χ0) is 20.1. The number of ether oxygens (including phenoxy) is 1. The van der Waals surface area contributed by atoms with Crippen molar-refractivity contribution < 1.29 is 19.4 Å². The van der Waals surface area contributed by atoms with E-state index >= 15 is 0 Å². The molecule has 0 bridgehead atoms. The molecule has 0 saturated carbocycles. The van der Waals surface area contributed by atoms with Gasteiger partial charge in [-0.2, -0.15) is 0 Å². The fourth-order valence-corrected chi connectivity index (χ4v) is 3.33. The Hall–Kier alpha value is -3.15. The predicted octanol–water partition coefficient (Wildman–Crippen LogP) is 3.70. The van der Waals surface area contributed by atoms with Crippen LogP contribution in [-0.2, 0) is 9.59 Å². The van der Waals surface area contributed by atoms with Gasteiger partial charge >= 0.3 is 0 Å². The molecule has 1 aliphatic rings. The molecule has 1 N–H and O–H groups in total. The summed E-state index contributed by atoms with van der Waals surface area (Å²) in [5.74, 6) is -0.747. The SMILES string of the molecule is CCCOc1ccc(/C(O)=C2/C(=O)C(=O)N(CCC)C2c2ccncc2)cc1. The molecule has 28 heavy (non-hydrogen) atoms. The molecular weight excluding hydrogens is 356 g/mol. The lowest BCUT2D eigenvalue weighted by atomic mass is 9.96. The van der Waals surface area contributed by atoms with Gasteiger partial charge < -0.3 is 14.7 Å². The second kappa shape index (κ2) is 8.69. The molecule has 1 amide bonds. The van der Waals surface area contributed by atoms with Gasteiger partial charge in [0, 0.05) is 24.5 Å². The maximum absolute atomic E-state index is 12.7. The summed E-state index contributed by atoms with van der Waals surface area (Å²) in [7, 11) is 0. The molecule has 1 unspecified atom stereocenters. The van der Waals surface area contributed by atoms with Crippen molar-refractivity contribution in [3.05, 3.63) is 65.5 Å². The van der Waals surface area contributed by atoms with E-state index in [0.29, 0.717) is 30.9 Å². The van der Waals surface area contributed by atoms with E-state index in [1.807, 2.05) is 13.8 Å². The van der Waals surface area contributed by atoms with Gasteiger partial charge in [-0.25, -0.2) is 0 Å². The third-order valence-corrected chi connectivity index (χ3v) is 4.63. The molecule has 1 aromatic carbocycles. The van der Waals surface area contributed by atoms with Crippen molar-refractivity contribution in [3.8, 4) is 5.75 Å². The van der Waals surface area contributed by atoms with E-state index in [9.17, 15) is 14.7 Å². The van der Waals surface area contributed by atoms with Gasteiger partial charge in [-0.1, -0.05) is 13.8 Å². The highest BCUT2D eigenvalue weighted by Gasteiger charge is 2.45. The lowest BCUT2D eigenvalue weighted by molar-refractivity contribution is -0.139. The first kappa shape index (κ1) is 19.6. The summed E-state index contributed by atoms with van der Waals surface area (Å²) in [5, 5.41) is 10.9. The van der Waals surface area contributed by atoms with Gasteiger partial charge in [-0.05, 0) is 54.8 Å². The van der Waals surface area contributed by atoms with E-state index in [4.69, 9.17) is 4.74 Å². The predicted molar refractivity (Wildman–Crippen MR) is 106 cm³/mol. The first-order chi connectivity index (χ1) is 13.6. The van der Waals surface area contributed by atoms with Gasteiger partial charge in [0.25, 0.3) is 11.7 Å². The van der Waals surface area contributed by atoms with Crippen LogP contribution in [-0.4, -0.2) is 39.8 Å². The number of benzene rings is 1. The number of nitrogens with zero attached hydrogens (tertiary/aromatic N) is 2. The summed E-state index contributed by atoms with van der Waals surface area (Å²) < 4.78 is 5.56. The normalized spacial score (nSPS) is 18.5. The van der Waals surface area contributed by atoms with Crippen LogP contribution in [0, 0.1) is 0 Å². The molecule has 2 heterocycles. The van der Waals surface area contributed by atoms with Crippen LogP contribution in [0.25, 0.3) is 5.76 Å². The topological polar surface area (TPSA) is 79.7 Å². The third-order valence-electron chi connectivity index (χ3n) is 4.63. The minimum atomic E-state index is -0.668. The zero-order valence-electron chi connectivity index (χ0n) is 16.1. The Balaban J connectivity index is 2.04. The molecule has 3 rings (SSSR count). The van der Waals surface area contributed by atoms with Crippen LogP contribution in [0.15, 0.2) is 54.4 Å². The van der Waals surface area contributed by atoms with Gasteiger partial charge in [0.05, 0.1) is 18.2 Å². The standard InChI is InChI=1S/C22H24N2O4/c1-3-13-24-19(15-9-11-23-12-10-15)18(21(26)22(24)27)20(25)16-5-7-17(8-6-16)28-14-4-2/h5-12,19,25H,3-4,13-14H2,1-2H3/b20-18-. The van der Waals surface area contributed by atoms with E-state index in [0.717, 1.165) is 12.0 Å². The van der Waals surface area contributed by atoms with Crippen molar-refractivity contribution in [3.63, 3.8) is 0 Å². The molecule has 6 heteroatoms. The fourth-order valence-electron chi connectivity index (χ4n) is 3.33. The maximum atomic E-state index is 12.7. The van der Waals surface area contributed by atoms with Crippen molar-refractivity contribution >= 4 is 17.4 Å². The number of amides is 1. The number of ketones is 1. The molecule has 6 nitrogen and oxygen atoms in total. The highest BCUT2D eigenvalue weighted by atomic mass is 16.5. The van der Waals surface area contributed by atoms with Crippen molar-refractivity contribution in [2.24, 2.45) is 0 Å². The summed E-state index contributed by atoms with van der Waals surface area (Å²) in [4.78, 5) is 30.9. The van der Waals surface area contributed by atoms with Gasteiger partial charge in [-0.15, -0.1) is 0 Å². The van der Waals surface area contributed by atoms with Crippen molar-refractivity contribution in [1.29, 1.82) is 0 Å². The Morgan fingerprint density at radius 2 is 1.75 bits per heavy atom. The summed E-state index contributed by atoms with van der Waals surface area (Å²) in [6.45, 7) is 5.00. The number of carbonyl (C=O) groups is 2. The number of likely N-dealkylation sites (tertiary alicyclic amines) is 1. The minimum Gasteiger partial charge on any atom is -0.507 e. The van der Waals surface area contributed by atoms with E-state index < -0.39 is 17.7 Å². The second-order valence-electron chi connectivity index (χ2n) is 6.65. The van der Waals surface area contributed by atoms with Gasteiger partial charge in [0.2, 0.25) is 0 Å². The fraction of sp³-hybridized carbons (Fsp3) is 0.318. The smallest absolute Gasteiger partial charge is 0.295 e. The number of aliphatic hydroxyl groups excluding tert-OH is 1. The molecule has 1 saturated heterocycles. The van der Waals surface area contributed by atoms with Gasteiger partial charge in [0.15, 0.2) is 0 Å². The summed E-state index contributed by atoms with van der Waals surface area (Å²) >= 11 is 0. The Morgan fingerprint density at radius 1 is 1.07 bits per heavy atom. The number of hydrogen-bond acceptors (Lipinski definition) is 5. The minimum absolute atomic E-state index is 0.104. The molecule has 1 aromatic heterocycles. The van der Waals surface area contributed by atoms with Gasteiger partial charge in [0.1, 0.15) is 11.5 Å². The molecule has 2 aromatic rings. The summed E-state index contributed by atoms with van der Waals surface area (Å²) in [6, 6.07) is 9.76. The largest absolute Gasteiger partial charge is 0.507 e. The zero-order valence-corrected chi connectivity index (χ0v) is 16.1. The van der Waals surface area contributed by atoms with Crippen molar-refractivity contribution in [1.82, 2.24) is 9.88 Å². The van der Waals surface area contributed by atoms with Crippen LogP contribution < -0.4 is 4.74 Å². The van der Waals surface area contributed by atoms with Crippen LogP contribution in [0.4, 0.5) is 0 Å². The van der Waals surface area contributed by atoms with Gasteiger partial charge in [-0.3, -0.25) is 14.6 Å². The number of pyridine rings is 1. The van der Waals surface area contributed by atoms with E-state index in [2.05, 4.69) is 4.98 Å². The molecular formula is C22H24N2O4. The summed E-state index contributed by atoms with van der Waals surface area (Å²) in [5.41, 5.74) is 1.32.